The molecule has 7 heteroatoms. The lowest BCUT2D eigenvalue weighted by Gasteiger charge is -2.31. The van der Waals surface area contributed by atoms with Crippen LogP contribution in [0, 0.1) is 0 Å². The van der Waals surface area contributed by atoms with Crippen molar-refractivity contribution < 1.29 is 14.6 Å². The van der Waals surface area contributed by atoms with Crippen LogP contribution < -0.4 is 4.74 Å². The fourth-order valence-corrected chi connectivity index (χ4v) is 5.72. The first-order valence-electron chi connectivity index (χ1n) is 13.6. The van der Waals surface area contributed by atoms with Gasteiger partial charge in [0, 0.05) is 32.3 Å². The van der Waals surface area contributed by atoms with Crippen LogP contribution in [0.3, 0.4) is 0 Å². The molecule has 1 unspecified atom stereocenters. The molecule has 1 aliphatic heterocycles. The number of nitrogens with zero attached hydrogens (tertiary/aromatic N) is 3. The van der Waals surface area contributed by atoms with E-state index in [1.807, 2.05) is 36.4 Å². The Morgan fingerprint density at radius 1 is 0.900 bits per heavy atom. The zero-order chi connectivity index (χ0) is 27.6. The number of aliphatic hydroxyl groups excluding tert-OH is 1. The molecule has 5 rings (SSSR count). The molecular weight excluding hydrogens is 518 g/mol. The Hall–Kier alpha value is -3.62. The number of benzene rings is 3. The molecule has 0 bridgehead atoms. The van der Waals surface area contributed by atoms with Crippen molar-refractivity contribution in [2.45, 2.75) is 25.6 Å². The molecule has 1 atom stereocenters. The van der Waals surface area contributed by atoms with Crippen LogP contribution in [0.5, 0.6) is 5.75 Å². The van der Waals surface area contributed by atoms with Gasteiger partial charge >= 0.3 is 0 Å². The standard InChI is InChI=1S/C33H35N3O3S/c1-38-24-32-35-34-31(40-32)17-16-25-10-8-9-15-30(25)39-23-29(37)22-36-20-18-28(19-21-36)33(26-11-4-2-5-12-26)27-13-6-3-7-14-27/h2-17,29,37H,18-24H2,1H3/b17-16+. The maximum atomic E-state index is 10.8. The van der Waals surface area contributed by atoms with Crippen molar-refractivity contribution in [1.82, 2.24) is 15.1 Å². The molecule has 0 spiro atoms. The van der Waals surface area contributed by atoms with Crippen molar-refractivity contribution >= 4 is 29.1 Å². The molecule has 1 fully saturated rings. The van der Waals surface area contributed by atoms with Crippen LogP contribution in [-0.4, -0.2) is 59.7 Å². The Morgan fingerprint density at radius 3 is 2.23 bits per heavy atom. The lowest BCUT2D eigenvalue weighted by molar-refractivity contribution is 0.0655. The van der Waals surface area contributed by atoms with Crippen LogP contribution >= 0.6 is 11.3 Å². The van der Waals surface area contributed by atoms with Gasteiger partial charge in [-0.25, -0.2) is 0 Å². The average molecular weight is 554 g/mol. The van der Waals surface area contributed by atoms with E-state index in [2.05, 4.69) is 75.8 Å². The fourth-order valence-electron chi connectivity index (χ4n) is 5.00. The second kappa shape index (κ2) is 14.1. The Bertz CT molecular complexity index is 1370. The van der Waals surface area contributed by atoms with Crippen LogP contribution in [0.15, 0.2) is 90.5 Å². The highest BCUT2D eigenvalue weighted by atomic mass is 32.1. The van der Waals surface area contributed by atoms with Crippen LogP contribution in [-0.2, 0) is 11.3 Å². The zero-order valence-electron chi connectivity index (χ0n) is 22.8. The number of rotatable bonds is 11. The summed E-state index contributed by atoms with van der Waals surface area (Å²) in [5.74, 6) is 0.735. The Balaban J connectivity index is 1.17. The van der Waals surface area contributed by atoms with E-state index < -0.39 is 6.10 Å². The SMILES string of the molecule is COCc1nnc(/C=C/c2ccccc2OCC(O)CN2CCC(=C(c3ccccc3)c3ccccc3)CC2)s1. The topological polar surface area (TPSA) is 67.7 Å². The minimum atomic E-state index is -0.579. The van der Waals surface area contributed by atoms with Crippen LogP contribution in [0.1, 0.15) is 39.5 Å². The molecule has 1 aliphatic rings. The maximum Gasteiger partial charge on any atom is 0.143 e. The lowest BCUT2D eigenvalue weighted by atomic mass is 9.88. The normalized spacial score (nSPS) is 14.9. The second-order valence-corrected chi connectivity index (χ2v) is 10.9. The number of hydrogen-bond donors (Lipinski definition) is 1. The molecule has 0 radical (unpaired) electrons. The molecule has 2 heterocycles. The van der Waals surface area contributed by atoms with Gasteiger partial charge in [0.2, 0.25) is 0 Å². The molecule has 6 nitrogen and oxygen atoms in total. The van der Waals surface area contributed by atoms with Gasteiger partial charge in [0.05, 0.1) is 6.61 Å². The minimum Gasteiger partial charge on any atom is -0.490 e. The first-order chi connectivity index (χ1) is 19.7. The van der Waals surface area contributed by atoms with E-state index in [1.54, 1.807) is 7.11 Å². The van der Waals surface area contributed by atoms with Crippen LogP contribution in [0.2, 0.25) is 0 Å². The van der Waals surface area contributed by atoms with Crippen molar-refractivity contribution in [2.75, 3.05) is 33.4 Å². The van der Waals surface area contributed by atoms with Gasteiger partial charge in [0.15, 0.2) is 0 Å². The highest BCUT2D eigenvalue weighted by molar-refractivity contribution is 7.12. The van der Waals surface area contributed by atoms with Crippen molar-refractivity contribution in [3.05, 3.63) is 117 Å². The molecule has 40 heavy (non-hydrogen) atoms. The quantitative estimate of drug-likeness (QED) is 0.239. The molecule has 206 valence electrons. The third-order valence-electron chi connectivity index (χ3n) is 6.91. The molecular formula is C33H35N3O3S. The summed E-state index contributed by atoms with van der Waals surface area (Å²) in [6, 6.07) is 29.2. The maximum absolute atomic E-state index is 10.8. The number of methoxy groups -OCH3 is 1. The fraction of sp³-hybridized carbons (Fsp3) is 0.273. The van der Waals surface area contributed by atoms with E-state index >= 15 is 0 Å². The number of hydrogen-bond acceptors (Lipinski definition) is 7. The van der Waals surface area contributed by atoms with Gasteiger partial charge < -0.3 is 14.6 Å². The highest BCUT2D eigenvalue weighted by Crippen LogP contribution is 2.32. The number of ether oxygens (including phenoxy) is 2. The number of aromatic nitrogens is 2. The summed E-state index contributed by atoms with van der Waals surface area (Å²) in [7, 11) is 1.65. The Labute approximate surface area is 240 Å². The molecule has 4 aromatic rings. The molecule has 0 amide bonds. The van der Waals surface area contributed by atoms with Crippen LogP contribution in [0.4, 0.5) is 0 Å². The molecule has 1 saturated heterocycles. The lowest BCUT2D eigenvalue weighted by Crippen LogP contribution is -2.39. The number of likely N-dealkylation sites (tertiary alicyclic amines) is 1. The smallest absolute Gasteiger partial charge is 0.143 e. The van der Waals surface area contributed by atoms with Gasteiger partial charge in [-0.15, -0.1) is 10.2 Å². The minimum absolute atomic E-state index is 0.236. The second-order valence-electron chi connectivity index (χ2n) is 9.81. The largest absolute Gasteiger partial charge is 0.490 e. The van der Waals surface area contributed by atoms with E-state index in [0.29, 0.717) is 13.2 Å². The Morgan fingerprint density at radius 2 is 1.55 bits per heavy atom. The number of piperidine rings is 1. The van der Waals surface area contributed by atoms with Crippen molar-refractivity contribution in [1.29, 1.82) is 0 Å². The predicted octanol–water partition coefficient (Wildman–Crippen LogP) is 6.19. The van der Waals surface area contributed by atoms with Gasteiger partial charge in [-0.1, -0.05) is 95.8 Å². The van der Waals surface area contributed by atoms with E-state index in [4.69, 9.17) is 9.47 Å². The first-order valence-corrected chi connectivity index (χ1v) is 14.5. The van der Waals surface area contributed by atoms with Crippen LogP contribution in [0.25, 0.3) is 17.7 Å². The molecule has 1 aromatic heterocycles. The van der Waals surface area contributed by atoms with E-state index in [-0.39, 0.29) is 6.61 Å². The molecule has 0 saturated carbocycles. The monoisotopic (exact) mass is 553 g/mol. The molecule has 0 aliphatic carbocycles. The summed E-state index contributed by atoms with van der Waals surface area (Å²) in [6.07, 6.45) is 5.28. The molecule has 3 aromatic carbocycles. The summed E-state index contributed by atoms with van der Waals surface area (Å²) in [5.41, 5.74) is 6.28. The van der Waals surface area contributed by atoms with Gasteiger partial charge in [-0.2, -0.15) is 0 Å². The molecule has 1 N–H and O–H groups in total. The average Bonchev–Trinajstić information content (AvgIpc) is 3.45. The summed E-state index contributed by atoms with van der Waals surface area (Å²) < 4.78 is 11.2. The third-order valence-corrected chi connectivity index (χ3v) is 7.78. The van der Waals surface area contributed by atoms with E-state index in [0.717, 1.165) is 47.3 Å². The summed E-state index contributed by atoms with van der Waals surface area (Å²) in [4.78, 5) is 2.34. The van der Waals surface area contributed by atoms with Gasteiger partial charge in [-0.05, 0) is 47.8 Å². The highest BCUT2D eigenvalue weighted by Gasteiger charge is 2.21. The van der Waals surface area contributed by atoms with E-state index in [9.17, 15) is 5.11 Å². The van der Waals surface area contributed by atoms with E-state index in [1.165, 1.54) is 33.6 Å². The number of β-amino-alcohol motifs (C(OH)–C–C–N with tert-alkyl or cyclic N) is 1. The van der Waals surface area contributed by atoms with Gasteiger partial charge in [-0.3, -0.25) is 4.90 Å². The summed E-state index contributed by atoms with van der Waals surface area (Å²) in [5, 5.41) is 20.8. The first kappa shape index (κ1) is 27.9. The zero-order valence-corrected chi connectivity index (χ0v) is 23.6. The third kappa shape index (κ3) is 7.52. The van der Waals surface area contributed by atoms with Crippen molar-refractivity contribution in [3.63, 3.8) is 0 Å². The summed E-state index contributed by atoms with van der Waals surface area (Å²) >= 11 is 1.50. The van der Waals surface area contributed by atoms with Crippen molar-refractivity contribution in [2.24, 2.45) is 0 Å². The van der Waals surface area contributed by atoms with Gasteiger partial charge in [0.25, 0.3) is 0 Å². The van der Waals surface area contributed by atoms with Gasteiger partial charge in [0.1, 0.15) is 28.5 Å². The number of para-hydroxylation sites is 1. The number of aliphatic hydroxyl groups is 1. The van der Waals surface area contributed by atoms with Crippen molar-refractivity contribution in [3.8, 4) is 5.75 Å². The summed E-state index contributed by atoms with van der Waals surface area (Å²) in [6.45, 7) is 3.12. The predicted molar refractivity (Wildman–Crippen MR) is 162 cm³/mol. The Kier molecular flexibility index (Phi) is 9.87.